The van der Waals surface area contributed by atoms with E-state index >= 15 is 0 Å². The second-order valence-electron chi connectivity index (χ2n) is 4.49. The number of H-pyrrole nitrogens is 1. The second kappa shape index (κ2) is 4.37. The monoisotopic (exact) mass is 279 g/mol. The smallest absolute Gasteiger partial charge is 0.355 e. The van der Waals surface area contributed by atoms with Gasteiger partial charge in [-0.3, -0.25) is 0 Å². The third kappa shape index (κ3) is 2.27. The normalized spacial score (nSPS) is 12.0. The minimum Gasteiger partial charge on any atom is -0.355 e. The Kier molecular flexibility index (Phi) is 2.78. The molecule has 5 heteroatoms. The molecule has 0 saturated carbocycles. The van der Waals surface area contributed by atoms with Gasteiger partial charge in [0.15, 0.2) is 0 Å². The highest BCUT2D eigenvalue weighted by atomic mass is 19.4. The largest absolute Gasteiger partial charge is 0.416 e. The first kappa shape index (κ1) is 12.7. The summed E-state index contributed by atoms with van der Waals surface area (Å²) < 4.78 is 51.1. The van der Waals surface area contributed by atoms with Gasteiger partial charge in [-0.1, -0.05) is 12.1 Å². The van der Waals surface area contributed by atoms with Gasteiger partial charge >= 0.3 is 6.18 Å². The highest BCUT2D eigenvalue weighted by Crippen LogP contribution is 2.32. The number of hydrogen-bond donors (Lipinski definition) is 1. The Hall–Kier alpha value is -2.30. The van der Waals surface area contributed by atoms with Gasteiger partial charge in [0.25, 0.3) is 0 Å². The summed E-state index contributed by atoms with van der Waals surface area (Å²) in [6, 6.07) is 10.9. The van der Waals surface area contributed by atoms with Gasteiger partial charge in [-0.2, -0.15) is 13.2 Å². The van der Waals surface area contributed by atoms with Gasteiger partial charge in [-0.05, 0) is 36.4 Å². The summed E-state index contributed by atoms with van der Waals surface area (Å²) in [4.78, 5) is 2.98. The lowest BCUT2D eigenvalue weighted by molar-refractivity contribution is -0.137. The number of fused-ring (bicyclic) bond motifs is 1. The molecule has 1 heterocycles. The van der Waals surface area contributed by atoms with E-state index in [4.69, 9.17) is 0 Å². The van der Waals surface area contributed by atoms with E-state index in [0.29, 0.717) is 22.2 Å². The number of rotatable bonds is 1. The summed E-state index contributed by atoms with van der Waals surface area (Å²) >= 11 is 0. The Morgan fingerprint density at radius 3 is 2.40 bits per heavy atom. The molecule has 3 rings (SSSR count). The molecule has 0 amide bonds. The van der Waals surface area contributed by atoms with E-state index in [1.54, 1.807) is 18.2 Å². The Morgan fingerprint density at radius 1 is 0.900 bits per heavy atom. The quantitative estimate of drug-likeness (QED) is 0.604. The van der Waals surface area contributed by atoms with Crippen molar-refractivity contribution in [3.63, 3.8) is 0 Å². The number of benzene rings is 2. The fourth-order valence-corrected chi connectivity index (χ4v) is 2.12. The number of aromatic amines is 1. The Labute approximate surface area is 111 Å². The molecular formula is C15H9F4N. The summed E-state index contributed by atoms with van der Waals surface area (Å²) in [5, 5.41) is 0.444. The van der Waals surface area contributed by atoms with Crippen LogP contribution in [0.5, 0.6) is 0 Å². The van der Waals surface area contributed by atoms with Crippen LogP contribution in [-0.2, 0) is 6.18 Å². The first-order valence-corrected chi connectivity index (χ1v) is 5.89. The predicted molar refractivity (Wildman–Crippen MR) is 68.7 cm³/mol. The topological polar surface area (TPSA) is 15.8 Å². The lowest BCUT2D eigenvalue weighted by Crippen LogP contribution is -2.03. The molecule has 0 bridgehead atoms. The number of alkyl halides is 3. The van der Waals surface area contributed by atoms with Crippen LogP contribution in [-0.4, -0.2) is 4.98 Å². The van der Waals surface area contributed by atoms with Crippen LogP contribution in [0.2, 0.25) is 0 Å². The van der Waals surface area contributed by atoms with Crippen molar-refractivity contribution >= 4 is 10.9 Å². The first-order valence-electron chi connectivity index (χ1n) is 5.89. The van der Waals surface area contributed by atoms with E-state index in [1.165, 1.54) is 18.2 Å². The van der Waals surface area contributed by atoms with Gasteiger partial charge in [-0.15, -0.1) is 0 Å². The van der Waals surface area contributed by atoms with Crippen molar-refractivity contribution < 1.29 is 17.6 Å². The molecule has 1 N–H and O–H groups in total. The molecule has 0 unspecified atom stereocenters. The molecule has 0 atom stereocenters. The van der Waals surface area contributed by atoms with Gasteiger partial charge in [0.05, 0.1) is 5.56 Å². The van der Waals surface area contributed by atoms with Gasteiger partial charge in [-0.25, -0.2) is 4.39 Å². The Bertz CT molecular complexity index is 771. The van der Waals surface area contributed by atoms with E-state index in [9.17, 15) is 17.6 Å². The summed E-state index contributed by atoms with van der Waals surface area (Å²) in [5.74, 6) is -0.392. The predicted octanol–water partition coefficient (Wildman–Crippen LogP) is 4.99. The van der Waals surface area contributed by atoms with Crippen LogP contribution in [0.4, 0.5) is 17.6 Å². The molecule has 0 aliphatic rings. The standard InChI is InChI=1S/C15H9F4N/c16-12-3-1-2-9(7-12)14-8-10-6-11(15(17,18)19)4-5-13(10)20-14/h1-8,20H. The van der Waals surface area contributed by atoms with E-state index in [0.717, 1.165) is 12.1 Å². The van der Waals surface area contributed by atoms with E-state index in [1.807, 2.05) is 0 Å². The average molecular weight is 279 g/mol. The molecule has 0 aliphatic carbocycles. The number of nitrogens with one attached hydrogen (secondary N) is 1. The average Bonchev–Trinajstić information content (AvgIpc) is 2.80. The van der Waals surface area contributed by atoms with Gasteiger partial charge in [0, 0.05) is 22.2 Å². The molecular weight excluding hydrogens is 270 g/mol. The molecule has 1 nitrogen and oxygen atoms in total. The zero-order valence-corrected chi connectivity index (χ0v) is 10.1. The molecule has 0 spiro atoms. The van der Waals surface area contributed by atoms with Crippen molar-refractivity contribution in [2.24, 2.45) is 0 Å². The zero-order chi connectivity index (χ0) is 14.3. The SMILES string of the molecule is Fc1cccc(-c2cc3cc(C(F)(F)F)ccc3[nH]2)c1. The third-order valence-corrected chi connectivity index (χ3v) is 3.08. The summed E-state index contributed by atoms with van der Waals surface area (Å²) in [6.07, 6.45) is -4.37. The van der Waals surface area contributed by atoms with Crippen LogP contribution in [0.1, 0.15) is 5.56 Å². The van der Waals surface area contributed by atoms with Crippen molar-refractivity contribution in [3.05, 3.63) is 59.9 Å². The van der Waals surface area contributed by atoms with Gasteiger partial charge < -0.3 is 4.98 Å². The van der Waals surface area contributed by atoms with Crippen LogP contribution in [0, 0.1) is 5.82 Å². The molecule has 102 valence electrons. The van der Waals surface area contributed by atoms with Crippen LogP contribution in [0.3, 0.4) is 0 Å². The Balaban J connectivity index is 2.11. The van der Waals surface area contributed by atoms with Crippen LogP contribution >= 0.6 is 0 Å². The maximum Gasteiger partial charge on any atom is 0.416 e. The summed E-state index contributed by atoms with van der Waals surface area (Å²) in [6.45, 7) is 0. The van der Waals surface area contributed by atoms with Gasteiger partial charge in [0.2, 0.25) is 0 Å². The maximum atomic E-state index is 13.2. The third-order valence-electron chi connectivity index (χ3n) is 3.08. The van der Waals surface area contributed by atoms with Crippen LogP contribution in [0.25, 0.3) is 22.2 Å². The summed E-state index contributed by atoms with van der Waals surface area (Å²) in [5.41, 5.74) is 1.06. The molecule has 0 aliphatic heterocycles. The highest BCUT2D eigenvalue weighted by molar-refractivity contribution is 5.86. The van der Waals surface area contributed by atoms with Crippen molar-refractivity contribution in [3.8, 4) is 11.3 Å². The summed E-state index contributed by atoms with van der Waals surface area (Å²) in [7, 11) is 0. The Morgan fingerprint density at radius 2 is 1.70 bits per heavy atom. The molecule has 0 saturated heterocycles. The fraction of sp³-hybridized carbons (Fsp3) is 0.0667. The van der Waals surface area contributed by atoms with Crippen molar-refractivity contribution in [1.29, 1.82) is 0 Å². The van der Waals surface area contributed by atoms with Crippen molar-refractivity contribution in [1.82, 2.24) is 4.98 Å². The van der Waals surface area contributed by atoms with Crippen LogP contribution in [0.15, 0.2) is 48.5 Å². The van der Waals surface area contributed by atoms with Crippen LogP contribution < -0.4 is 0 Å². The second-order valence-corrected chi connectivity index (χ2v) is 4.49. The zero-order valence-electron chi connectivity index (χ0n) is 10.1. The molecule has 0 fully saturated rings. The molecule has 2 aromatic carbocycles. The van der Waals surface area contributed by atoms with E-state index in [2.05, 4.69) is 4.98 Å². The minimum atomic E-state index is -4.37. The lowest BCUT2D eigenvalue weighted by Gasteiger charge is -2.05. The molecule has 3 aromatic rings. The van der Waals surface area contributed by atoms with E-state index < -0.39 is 17.6 Å². The number of hydrogen-bond acceptors (Lipinski definition) is 0. The van der Waals surface area contributed by atoms with Gasteiger partial charge in [0.1, 0.15) is 5.82 Å². The molecule has 0 radical (unpaired) electrons. The first-order chi connectivity index (χ1) is 9.43. The minimum absolute atomic E-state index is 0.392. The molecule has 1 aromatic heterocycles. The molecule has 20 heavy (non-hydrogen) atoms. The number of aromatic nitrogens is 1. The van der Waals surface area contributed by atoms with Crippen molar-refractivity contribution in [2.75, 3.05) is 0 Å². The fourth-order valence-electron chi connectivity index (χ4n) is 2.12. The van der Waals surface area contributed by atoms with Crippen molar-refractivity contribution in [2.45, 2.75) is 6.18 Å². The lowest BCUT2D eigenvalue weighted by atomic mass is 10.1. The maximum absolute atomic E-state index is 13.2. The number of halogens is 4. The van der Waals surface area contributed by atoms with E-state index in [-0.39, 0.29) is 0 Å². The highest BCUT2D eigenvalue weighted by Gasteiger charge is 2.30.